The van der Waals surface area contributed by atoms with E-state index in [9.17, 15) is 13.2 Å². The first-order valence-corrected chi connectivity index (χ1v) is 6.27. The van der Waals surface area contributed by atoms with Gasteiger partial charge in [0.1, 0.15) is 5.82 Å². The fourth-order valence-corrected chi connectivity index (χ4v) is 1.41. The van der Waals surface area contributed by atoms with E-state index in [0.29, 0.717) is 19.0 Å². The van der Waals surface area contributed by atoms with Gasteiger partial charge in [-0.2, -0.15) is 18.2 Å². The minimum atomic E-state index is -4.47. The van der Waals surface area contributed by atoms with Gasteiger partial charge < -0.3 is 10.6 Å². The standard InChI is InChI=1S/C12H19F3N4/c1-4-16-11-18-9(12(13,14)15)7-10(19-11)17-6-5-8(2)3/h7-8H,4-6H2,1-3H3,(H2,16,17,18,19). The smallest absolute Gasteiger partial charge is 0.370 e. The molecule has 0 spiro atoms. The van der Waals surface area contributed by atoms with Gasteiger partial charge in [0.2, 0.25) is 5.95 Å². The van der Waals surface area contributed by atoms with E-state index in [0.717, 1.165) is 12.5 Å². The number of halogens is 3. The summed E-state index contributed by atoms with van der Waals surface area (Å²) in [5, 5.41) is 5.59. The number of hydrogen-bond acceptors (Lipinski definition) is 4. The van der Waals surface area contributed by atoms with Crippen molar-refractivity contribution in [3.8, 4) is 0 Å². The summed E-state index contributed by atoms with van der Waals surface area (Å²) in [5.74, 6) is 0.660. The van der Waals surface area contributed by atoms with Gasteiger partial charge in [0.15, 0.2) is 5.69 Å². The Kier molecular flexibility index (Phi) is 5.38. The van der Waals surface area contributed by atoms with Crippen LogP contribution in [-0.2, 0) is 6.18 Å². The maximum Gasteiger partial charge on any atom is 0.433 e. The molecular weight excluding hydrogens is 257 g/mol. The molecule has 0 saturated heterocycles. The highest BCUT2D eigenvalue weighted by atomic mass is 19.4. The van der Waals surface area contributed by atoms with Gasteiger partial charge in [0.25, 0.3) is 0 Å². The molecule has 0 unspecified atom stereocenters. The number of rotatable bonds is 6. The Hall–Kier alpha value is -1.53. The van der Waals surface area contributed by atoms with Crippen molar-refractivity contribution in [1.82, 2.24) is 9.97 Å². The van der Waals surface area contributed by atoms with Gasteiger partial charge in [-0.3, -0.25) is 0 Å². The molecule has 4 nitrogen and oxygen atoms in total. The molecule has 0 aromatic carbocycles. The van der Waals surface area contributed by atoms with Gasteiger partial charge in [-0.05, 0) is 19.3 Å². The van der Waals surface area contributed by atoms with Crippen molar-refractivity contribution < 1.29 is 13.2 Å². The molecule has 108 valence electrons. The second-order valence-corrected chi connectivity index (χ2v) is 4.60. The first-order chi connectivity index (χ1) is 8.82. The quantitative estimate of drug-likeness (QED) is 0.836. The third kappa shape index (κ3) is 5.32. The van der Waals surface area contributed by atoms with Crippen molar-refractivity contribution in [2.45, 2.75) is 33.4 Å². The summed E-state index contributed by atoms with van der Waals surface area (Å²) in [7, 11) is 0. The van der Waals surface area contributed by atoms with Gasteiger partial charge in [-0.25, -0.2) is 4.98 Å². The maximum atomic E-state index is 12.7. The molecule has 0 radical (unpaired) electrons. The summed E-state index contributed by atoms with van der Waals surface area (Å²) < 4.78 is 38.1. The average molecular weight is 276 g/mol. The summed E-state index contributed by atoms with van der Waals surface area (Å²) in [4.78, 5) is 7.45. The second-order valence-electron chi connectivity index (χ2n) is 4.60. The third-order valence-electron chi connectivity index (χ3n) is 2.38. The van der Waals surface area contributed by atoms with Crippen molar-refractivity contribution in [2.75, 3.05) is 23.7 Å². The van der Waals surface area contributed by atoms with Crippen LogP contribution in [0.15, 0.2) is 6.07 Å². The van der Waals surface area contributed by atoms with Gasteiger partial charge in [-0.1, -0.05) is 13.8 Å². The van der Waals surface area contributed by atoms with Gasteiger partial charge >= 0.3 is 6.18 Å². The van der Waals surface area contributed by atoms with Crippen molar-refractivity contribution in [3.63, 3.8) is 0 Å². The lowest BCUT2D eigenvalue weighted by molar-refractivity contribution is -0.141. The van der Waals surface area contributed by atoms with E-state index in [2.05, 4.69) is 20.6 Å². The number of hydrogen-bond donors (Lipinski definition) is 2. The first kappa shape index (κ1) is 15.5. The minimum absolute atomic E-state index is 0.00984. The topological polar surface area (TPSA) is 49.8 Å². The summed E-state index contributed by atoms with van der Waals surface area (Å²) >= 11 is 0. The molecule has 1 heterocycles. The predicted octanol–water partition coefficient (Wildman–Crippen LogP) is 3.39. The van der Waals surface area contributed by atoms with Crippen LogP contribution >= 0.6 is 0 Å². The molecule has 19 heavy (non-hydrogen) atoms. The second kappa shape index (κ2) is 6.58. The van der Waals surface area contributed by atoms with Crippen LogP contribution in [0.4, 0.5) is 24.9 Å². The molecule has 1 rings (SSSR count). The fourth-order valence-electron chi connectivity index (χ4n) is 1.41. The predicted molar refractivity (Wildman–Crippen MR) is 69.1 cm³/mol. The van der Waals surface area contributed by atoms with Crippen molar-refractivity contribution in [3.05, 3.63) is 11.8 Å². The average Bonchev–Trinajstić information content (AvgIpc) is 2.27. The van der Waals surface area contributed by atoms with E-state index in [1.54, 1.807) is 6.92 Å². The minimum Gasteiger partial charge on any atom is -0.370 e. The molecule has 7 heteroatoms. The summed E-state index contributed by atoms with van der Waals surface area (Å²) in [6, 6.07) is 0.932. The van der Waals surface area contributed by atoms with Crippen LogP contribution in [0.2, 0.25) is 0 Å². The molecule has 0 aliphatic heterocycles. The van der Waals surface area contributed by atoms with Gasteiger partial charge in [0.05, 0.1) is 0 Å². The Labute approximate surface area is 110 Å². The Morgan fingerprint density at radius 2 is 1.89 bits per heavy atom. The highest BCUT2D eigenvalue weighted by Crippen LogP contribution is 2.29. The molecule has 0 fully saturated rings. The van der Waals surface area contributed by atoms with E-state index < -0.39 is 11.9 Å². The normalized spacial score (nSPS) is 11.7. The molecule has 1 aromatic rings. The largest absolute Gasteiger partial charge is 0.433 e. The van der Waals surface area contributed by atoms with Crippen LogP contribution < -0.4 is 10.6 Å². The molecule has 0 atom stereocenters. The Morgan fingerprint density at radius 3 is 2.42 bits per heavy atom. The van der Waals surface area contributed by atoms with Gasteiger partial charge in [0, 0.05) is 19.2 Å². The number of nitrogens with zero attached hydrogens (tertiary/aromatic N) is 2. The zero-order valence-electron chi connectivity index (χ0n) is 11.3. The molecule has 1 aromatic heterocycles. The molecule has 0 saturated carbocycles. The Morgan fingerprint density at radius 1 is 1.21 bits per heavy atom. The highest BCUT2D eigenvalue weighted by Gasteiger charge is 2.33. The number of alkyl halides is 3. The van der Waals surface area contributed by atoms with Crippen molar-refractivity contribution in [1.29, 1.82) is 0 Å². The third-order valence-corrected chi connectivity index (χ3v) is 2.38. The van der Waals surface area contributed by atoms with Crippen molar-refractivity contribution >= 4 is 11.8 Å². The summed E-state index contributed by atoms with van der Waals surface area (Å²) in [5.41, 5.74) is -0.939. The van der Waals surface area contributed by atoms with Crippen LogP contribution in [0.5, 0.6) is 0 Å². The molecular formula is C12H19F3N4. The molecule has 0 aliphatic rings. The maximum absolute atomic E-state index is 12.7. The number of nitrogens with one attached hydrogen (secondary N) is 2. The number of anilines is 2. The zero-order valence-corrected chi connectivity index (χ0v) is 11.3. The Balaban J connectivity index is 2.87. The monoisotopic (exact) mass is 276 g/mol. The van der Waals surface area contributed by atoms with Crippen LogP contribution in [-0.4, -0.2) is 23.1 Å². The van der Waals surface area contributed by atoms with E-state index >= 15 is 0 Å². The van der Waals surface area contributed by atoms with E-state index in [1.807, 2.05) is 13.8 Å². The molecule has 0 bridgehead atoms. The highest BCUT2D eigenvalue weighted by molar-refractivity contribution is 5.43. The van der Waals surface area contributed by atoms with Crippen molar-refractivity contribution in [2.24, 2.45) is 5.92 Å². The van der Waals surface area contributed by atoms with E-state index in [1.165, 1.54) is 0 Å². The lowest BCUT2D eigenvalue weighted by Crippen LogP contribution is -2.14. The summed E-state index contributed by atoms with van der Waals surface area (Å²) in [6.45, 7) is 6.92. The van der Waals surface area contributed by atoms with Gasteiger partial charge in [-0.15, -0.1) is 0 Å². The van der Waals surface area contributed by atoms with Crippen LogP contribution in [0.1, 0.15) is 32.9 Å². The van der Waals surface area contributed by atoms with Crippen LogP contribution in [0, 0.1) is 5.92 Å². The lowest BCUT2D eigenvalue weighted by atomic mass is 10.1. The summed E-state index contributed by atoms with van der Waals surface area (Å²) in [6.07, 6.45) is -3.61. The van der Waals surface area contributed by atoms with Crippen LogP contribution in [0.3, 0.4) is 0 Å². The number of aromatic nitrogens is 2. The SMILES string of the molecule is CCNc1nc(NCCC(C)C)cc(C(F)(F)F)n1. The molecule has 2 N–H and O–H groups in total. The fraction of sp³-hybridized carbons (Fsp3) is 0.667. The first-order valence-electron chi connectivity index (χ1n) is 6.27. The van der Waals surface area contributed by atoms with E-state index in [-0.39, 0.29) is 11.8 Å². The van der Waals surface area contributed by atoms with Crippen LogP contribution in [0.25, 0.3) is 0 Å². The lowest BCUT2D eigenvalue weighted by Gasteiger charge is -2.12. The van der Waals surface area contributed by atoms with E-state index in [4.69, 9.17) is 0 Å². The molecule has 0 aliphatic carbocycles. The Bertz CT molecular complexity index is 404. The molecule has 0 amide bonds. The zero-order chi connectivity index (χ0) is 14.5.